The molecule has 7 nitrogen and oxygen atoms in total. The molecule has 0 bridgehead atoms. The first-order chi connectivity index (χ1) is 14.4. The van der Waals surface area contributed by atoms with E-state index in [1.807, 2.05) is 25.7 Å². The van der Waals surface area contributed by atoms with Crippen LogP contribution in [0.1, 0.15) is 56.7 Å². The van der Waals surface area contributed by atoms with Gasteiger partial charge in [-0.15, -0.1) is 0 Å². The summed E-state index contributed by atoms with van der Waals surface area (Å²) >= 11 is 0. The zero-order chi connectivity index (χ0) is 22.6. The number of aromatic nitrogens is 2. The summed E-state index contributed by atoms with van der Waals surface area (Å²) in [7, 11) is 1.49. The molecule has 1 saturated carbocycles. The van der Waals surface area contributed by atoms with Gasteiger partial charge in [0.15, 0.2) is 23.0 Å². The number of methoxy groups -OCH3 is 1. The van der Waals surface area contributed by atoms with Crippen LogP contribution in [0, 0.1) is 11.3 Å². The van der Waals surface area contributed by atoms with E-state index in [1.165, 1.54) is 7.11 Å². The molecule has 10 heteroatoms. The molecule has 1 amide bonds. The van der Waals surface area contributed by atoms with Crippen molar-refractivity contribution in [3.8, 4) is 5.75 Å². The minimum atomic E-state index is -4.55. The number of nitrogens with one attached hydrogen (secondary N) is 1. The van der Waals surface area contributed by atoms with Gasteiger partial charge in [0, 0.05) is 31.0 Å². The van der Waals surface area contributed by atoms with E-state index in [1.54, 1.807) is 6.07 Å². The molecule has 1 N–H and O–H groups in total. The number of ether oxygens (including phenoxy) is 1. The Balaban J connectivity index is 1.60. The fourth-order valence-corrected chi connectivity index (χ4v) is 3.95. The topological polar surface area (TPSA) is 80.5 Å². The van der Waals surface area contributed by atoms with Crippen molar-refractivity contribution in [2.45, 2.75) is 52.3 Å². The average Bonchev–Trinajstić information content (AvgIpc) is 3.25. The third-order valence-electron chi connectivity index (χ3n) is 5.43. The second kappa shape index (κ2) is 7.42. The lowest BCUT2D eigenvalue weighted by Crippen LogP contribution is -2.30. The van der Waals surface area contributed by atoms with Gasteiger partial charge >= 0.3 is 6.18 Å². The second-order valence-corrected chi connectivity index (χ2v) is 9.39. The lowest BCUT2D eigenvalue weighted by Gasteiger charge is -2.30. The van der Waals surface area contributed by atoms with E-state index >= 15 is 0 Å². The Kier molecular flexibility index (Phi) is 5.13. The maximum atomic E-state index is 12.8. The maximum absolute atomic E-state index is 12.8. The Hall–Kier alpha value is -2.78. The maximum Gasteiger partial charge on any atom is 0.436 e. The predicted octanol–water partition coefficient (Wildman–Crippen LogP) is 4.60. The number of carbonyl (C=O) groups excluding carboxylic acids is 1. The number of anilines is 2. The van der Waals surface area contributed by atoms with Crippen LogP contribution in [0.25, 0.3) is 0 Å². The van der Waals surface area contributed by atoms with Crippen LogP contribution in [-0.4, -0.2) is 29.7 Å². The number of fused-ring (bicyclic) bond motifs is 3. The summed E-state index contributed by atoms with van der Waals surface area (Å²) in [6.07, 6.45) is -3.27. The highest BCUT2D eigenvalue weighted by atomic mass is 19.4. The predicted molar refractivity (Wildman–Crippen MR) is 107 cm³/mol. The molecule has 2 aliphatic rings. The van der Waals surface area contributed by atoms with Crippen LogP contribution < -0.4 is 15.0 Å². The number of alkyl halides is 3. The van der Waals surface area contributed by atoms with E-state index in [-0.39, 0.29) is 29.5 Å². The fraction of sp³-hybridized carbons (Fsp3) is 0.571. The smallest absolute Gasteiger partial charge is 0.436 e. The lowest BCUT2D eigenvalue weighted by atomic mass is 9.92. The lowest BCUT2D eigenvalue weighted by molar-refractivity contribution is -0.142. The summed E-state index contributed by atoms with van der Waals surface area (Å²) in [5.74, 6) is 1.38. The van der Waals surface area contributed by atoms with Gasteiger partial charge in [-0.05, 0) is 17.8 Å². The van der Waals surface area contributed by atoms with Gasteiger partial charge < -0.3 is 19.5 Å². The minimum absolute atomic E-state index is 0.124. The van der Waals surface area contributed by atoms with Crippen molar-refractivity contribution in [3.63, 3.8) is 0 Å². The molecule has 0 saturated heterocycles. The van der Waals surface area contributed by atoms with Gasteiger partial charge in [0.25, 0.3) is 0 Å². The van der Waals surface area contributed by atoms with Crippen molar-refractivity contribution in [3.05, 3.63) is 29.3 Å². The monoisotopic (exact) mass is 438 g/mol. The van der Waals surface area contributed by atoms with Gasteiger partial charge in [-0.3, -0.25) is 4.79 Å². The molecule has 0 radical (unpaired) electrons. The van der Waals surface area contributed by atoms with E-state index in [9.17, 15) is 18.0 Å². The van der Waals surface area contributed by atoms with Crippen LogP contribution in [0.15, 0.2) is 16.7 Å². The van der Waals surface area contributed by atoms with Crippen molar-refractivity contribution in [1.29, 1.82) is 0 Å². The van der Waals surface area contributed by atoms with Crippen molar-refractivity contribution in [2.75, 3.05) is 23.9 Å². The molecule has 0 spiro atoms. The number of amides is 1. The molecular weight excluding hydrogens is 413 g/mol. The third kappa shape index (κ3) is 4.62. The summed E-state index contributed by atoms with van der Waals surface area (Å²) in [4.78, 5) is 19.0. The zero-order valence-electron chi connectivity index (χ0n) is 17.8. The van der Waals surface area contributed by atoms with E-state index in [0.29, 0.717) is 30.5 Å². The number of nitrogens with zero attached hydrogens (tertiary/aromatic N) is 3. The molecule has 1 fully saturated rings. The molecule has 2 atom stereocenters. The van der Waals surface area contributed by atoms with Crippen molar-refractivity contribution in [1.82, 2.24) is 10.1 Å². The first-order valence-corrected chi connectivity index (χ1v) is 10.1. The fourth-order valence-electron chi connectivity index (χ4n) is 3.95. The highest BCUT2D eigenvalue weighted by Crippen LogP contribution is 2.55. The number of pyridine rings is 1. The summed E-state index contributed by atoms with van der Waals surface area (Å²) in [5.41, 5.74) is 0.376. The van der Waals surface area contributed by atoms with Crippen molar-refractivity contribution in [2.24, 2.45) is 11.3 Å². The summed E-state index contributed by atoms with van der Waals surface area (Å²) < 4.78 is 48.9. The summed E-state index contributed by atoms with van der Waals surface area (Å²) in [6.45, 7) is 6.75. The van der Waals surface area contributed by atoms with Crippen LogP contribution in [0.4, 0.5) is 24.7 Å². The number of hydrogen-bond donors (Lipinski definition) is 1. The quantitative estimate of drug-likeness (QED) is 0.735. The van der Waals surface area contributed by atoms with Gasteiger partial charge in [-0.25, -0.2) is 4.98 Å². The van der Waals surface area contributed by atoms with Crippen molar-refractivity contribution >= 4 is 17.4 Å². The second-order valence-electron chi connectivity index (χ2n) is 9.39. The Morgan fingerprint density at radius 1 is 1.32 bits per heavy atom. The molecule has 1 aliphatic carbocycles. The number of rotatable bonds is 5. The van der Waals surface area contributed by atoms with Crippen LogP contribution in [0.2, 0.25) is 0 Å². The minimum Gasteiger partial charge on any atom is -0.493 e. The molecular formula is C21H25F3N4O3. The van der Waals surface area contributed by atoms with Gasteiger partial charge in [0.2, 0.25) is 5.91 Å². The SMILES string of the molecule is COc1cc2c(nc1NC(=O)CC(C)(C)C)C1CC1CN2Cc1cc(C(F)(F)F)no1. The number of halogens is 3. The standard InChI is InChI=1S/C21H25F3N4O3/c1-20(2,3)8-17(29)25-19-15(30-4)7-14-18(26-19)13-5-11(13)9-28(14)10-12-6-16(27-31-12)21(22,23)24/h6-7,11,13H,5,8-10H2,1-4H3,(H,25,26,29). The van der Waals surface area contributed by atoms with Crippen LogP contribution in [0.3, 0.4) is 0 Å². The highest BCUT2D eigenvalue weighted by molar-refractivity contribution is 5.92. The van der Waals surface area contributed by atoms with Crippen LogP contribution in [0.5, 0.6) is 5.75 Å². The van der Waals surface area contributed by atoms with Crippen molar-refractivity contribution < 1.29 is 27.2 Å². The van der Waals surface area contributed by atoms with Crippen LogP contribution in [-0.2, 0) is 17.5 Å². The normalized spacial score (nSPS) is 20.2. The Morgan fingerprint density at radius 2 is 2.06 bits per heavy atom. The Labute approximate surface area is 177 Å². The Morgan fingerprint density at radius 3 is 2.68 bits per heavy atom. The van der Waals surface area contributed by atoms with Gasteiger partial charge in [-0.1, -0.05) is 25.9 Å². The molecule has 2 aromatic rings. The number of hydrogen-bond acceptors (Lipinski definition) is 6. The summed E-state index contributed by atoms with van der Waals surface area (Å²) in [5, 5.41) is 5.98. The first-order valence-electron chi connectivity index (χ1n) is 10.1. The summed E-state index contributed by atoms with van der Waals surface area (Å²) in [6, 6.07) is 2.70. The molecule has 3 heterocycles. The Bertz CT molecular complexity index is 997. The molecule has 4 rings (SSSR count). The van der Waals surface area contributed by atoms with Gasteiger partial charge in [0.1, 0.15) is 0 Å². The van der Waals surface area contributed by atoms with E-state index in [4.69, 9.17) is 9.26 Å². The van der Waals surface area contributed by atoms with E-state index < -0.39 is 11.9 Å². The molecule has 0 aromatic carbocycles. The van der Waals surface area contributed by atoms with Crippen LogP contribution >= 0.6 is 0 Å². The zero-order valence-corrected chi connectivity index (χ0v) is 17.8. The van der Waals surface area contributed by atoms with E-state index in [2.05, 4.69) is 15.5 Å². The first kappa shape index (κ1) is 21.5. The molecule has 168 valence electrons. The molecule has 2 unspecified atom stereocenters. The number of carbonyl (C=O) groups is 1. The highest BCUT2D eigenvalue weighted by Gasteiger charge is 2.47. The molecule has 31 heavy (non-hydrogen) atoms. The largest absolute Gasteiger partial charge is 0.493 e. The molecule has 1 aliphatic heterocycles. The van der Waals surface area contributed by atoms with Gasteiger partial charge in [-0.2, -0.15) is 13.2 Å². The average molecular weight is 438 g/mol. The van der Waals surface area contributed by atoms with Gasteiger partial charge in [0.05, 0.1) is 25.0 Å². The van der Waals surface area contributed by atoms with E-state index in [0.717, 1.165) is 23.9 Å². The molecule has 2 aromatic heterocycles. The third-order valence-corrected chi connectivity index (χ3v) is 5.43.